The van der Waals surface area contributed by atoms with Gasteiger partial charge in [0.2, 0.25) is 5.91 Å². The number of hydrogen-bond donors (Lipinski definition) is 3. The number of sulfone groups is 1. The van der Waals surface area contributed by atoms with Crippen LogP contribution in [-0.2, 0) is 14.6 Å². The zero-order valence-corrected chi connectivity index (χ0v) is 12.6. The molecule has 0 heterocycles. The van der Waals surface area contributed by atoms with E-state index in [1.165, 1.54) is 18.2 Å². The van der Waals surface area contributed by atoms with Crippen molar-refractivity contribution in [1.29, 1.82) is 0 Å². The number of benzene rings is 1. The number of hydrogen-bond acceptors (Lipinski definition) is 5. The number of amides is 1. The van der Waals surface area contributed by atoms with Crippen molar-refractivity contribution < 1.29 is 18.3 Å². The van der Waals surface area contributed by atoms with Crippen LogP contribution < -0.4 is 11.1 Å². The molecule has 0 saturated carbocycles. The molecule has 0 bridgehead atoms. The molecule has 0 radical (unpaired) electrons. The minimum Gasteiger partial charge on any atom is -0.506 e. The fourth-order valence-electron chi connectivity index (χ4n) is 1.57. The highest BCUT2D eigenvalue weighted by Gasteiger charge is 2.21. The topological polar surface area (TPSA) is 109 Å². The molecule has 0 fully saturated rings. The van der Waals surface area contributed by atoms with Crippen LogP contribution in [0.15, 0.2) is 23.1 Å². The SMILES string of the molecule is CCC(C)[C@H](N)C(=O)Nc1cc(S(C)(=O)=O)ccc1O. The lowest BCUT2D eigenvalue weighted by Crippen LogP contribution is -2.40. The van der Waals surface area contributed by atoms with Crippen molar-refractivity contribution in [2.45, 2.75) is 31.2 Å². The van der Waals surface area contributed by atoms with Gasteiger partial charge in [-0.15, -0.1) is 0 Å². The number of carbonyl (C=O) groups excluding carboxylic acids is 1. The molecule has 0 spiro atoms. The lowest BCUT2D eigenvalue weighted by atomic mass is 9.99. The molecule has 0 aliphatic heterocycles. The van der Waals surface area contributed by atoms with E-state index in [9.17, 15) is 18.3 Å². The molecule has 0 aromatic heterocycles. The van der Waals surface area contributed by atoms with Crippen LogP contribution in [0.3, 0.4) is 0 Å². The van der Waals surface area contributed by atoms with Crippen molar-refractivity contribution in [3.05, 3.63) is 18.2 Å². The fourth-order valence-corrected chi connectivity index (χ4v) is 2.22. The third kappa shape index (κ3) is 3.94. The molecule has 1 unspecified atom stereocenters. The van der Waals surface area contributed by atoms with Crippen molar-refractivity contribution in [3.8, 4) is 5.75 Å². The van der Waals surface area contributed by atoms with Gasteiger partial charge in [0.25, 0.3) is 0 Å². The molecule has 7 heteroatoms. The smallest absolute Gasteiger partial charge is 0.241 e. The maximum absolute atomic E-state index is 11.9. The minimum absolute atomic E-state index is 0.0164. The summed E-state index contributed by atoms with van der Waals surface area (Å²) in [5, 5.41) is 12.1. The Kier molecular flexibility index (Phi) is 5.13. The summed E-state index contributed by atoms with van der Waals surface area (Å²) in [6.45, 7) is 3.76. The van der Waals surface area contributed by atoms with E-state index in [-0.39, 0.29) is 22.3 Å². The Labute approximate surface area is 118 Å². The quantitative estimate of drug-likeness (QED) is 0.706. The van der Waals surface area contributed by atoms with Crippen LogP contribution in [-0.4, -0.2) is 31.7 Å². The molecule has 6 nitrogen and oxygen atoms in total. The Balaban J connectivity index is 3.01. The largest absolute Gasteiger partial charge is 0.506 e. The van der Waals surface area contributed by atoms with Gasteiger partial charge in [-0.3, -0.25) is 4.79 Å². The summed E-state index contributed by atoms with van der Waals surface area (Å²) in [4.78, 5) is 11.9. The Morgan fingerprint density at radius 3 is 2.55 bits per heavy atom. The highest BCUT2D eigenvalue weighted by molar-refractivity contribution is 7.90. The second-order valence-electron chi connectivity index (χ2n) is 4.85. The molecular weight excluding hydrogens is 280 g/mol. The molecule has 1 amide bonds. The number of aromatic hydroxyl groups is 1. The number of rotatable bonds is 5. The van der Waals surface area contributed by atoms with Crippen LogP contribution in [0.5, 0.6) is 5.75 Å². The van der Waals surface area contributed by atoms with Crippen LogP contribution in [0.1, 0.15) is 20.3 Å². The van der Waals surface area contributed by atoms with Gasteiger partial charge in [-0.05, 0) is 24.1 Å². The van der Waals surface area contributed by atoms with Gasteiger partial charge in [0, 0.05) is 6.26 Å². The summed E-state index contributed by atoms with van der Waals surface area (Å²) < 4.78 is 22.9. The molecule has 1 aromatic rings. The summed E-state index contributed by atoms with van der Waals surface area (Å²) in [5.41, 5.74) is 5.82. The van der Waals surface area contributed by atoms with Gasteiger partial charge in [-0.1, -0.05) is 20.3 Å². The third-order valence-electron chi connectivity index (χ3n) is 3.21. The standard InChI is InChI=1S/C13H20N2O4S/c1-4-8(2)12(14)13(17)15-10-7-9(20(3,18)19)5-6-11(10)16/h5-8,12,16H,4,14H2,1-3H3,(H,15,17)/t8?,12-/m0/s1. The highest BCUT2D eigenvalue weighted by atomic mass is 32.2. The van der Waals surface area contributed by atoms with E-state index < -0.39 is 21.8 Å². The van der Waals surface area contributed by atoms with Crippen molar-refractivity contribution in [2.24, 2.45) is 11.7 Å². The average Bonchev–Trinajstić information content (AvgIpc) is 2.38. The van der Waals surface area contributed by atoms with Gasteiger partial charge in [-0.25, -0.2) is 8.42 Å². The van der Waals surface area contributed by atoms with Crippen LogP contribution >= 0.6 is 0 Å². The normalized spacial score (nSPS) is 14.6. The van der Waals surface area contributed by atoms with E-state index in [1.54, 1.807) is 0 Å². The first-order valence-electron chi connectivity index (χ1n) is 6.26. The van der Waals surface area contributed by atoms with Gasteiger partial charge >= 0.3 is 0 Å². The van der Waals surface area contributed by atoms with E-state index >= 15 is 0 Å². The predicted octanol–water partition coefficient (Wildman–Crippen LogP) is 1.11. The molecule has 1 aromatic carbocycles. The van der Waals surface area contributed by atoms with Crippen molar-refractivity contribution in [1.82, 2.24) is 0 Å². The molecular formula is C13H20N2O4S. The summed E-state index contributed by atoms with van der Waals surface area (Å²) in [7, 11) is -3.41. The number of phenolic OH excluding ortho intramolecular Hbond substituents is 1. The maximum atomic E-state index is 11.9. The van der Waals surface area contributed by atoms with Crippen LogP contribution in [0.25, 0.3) is 0 Å². The highest BCUT2D eigenvalue weighted by Crippen LogP contribution is 2.26. The van der Waals surface area contributed by atoms with Gasteiger partial charge in [0.05, 0.1) is 16.6 Å². The summed E-state index contributed by atoms with van der Waals surface area (Å²) in [5.74, 6) is -0.683. The maximum Gasteiger partial charge on any atom is 0.241 e. The van der Waals surface area contributed by atoms with E-state index in [1.807, 2.05) is 13.8 Å². The van der Waals surface area contributed by atoms with Crippen LogP contribution in [0.4, 0.5) is 5.69 Å². The minimum atomic E-state index is -3.41. The Bertz CT molecular complexity index is 598. The van der Waals surface area contributed by atoms with E-state index in [2.05, 4.69) is 5.32 Å². The van der Waals surface area contributed by atoms with E-state index in [4.69, 9.17) is 5.73 Å². The summed E-state index contributed by atoms with van der Waals surface area (Å²) >= 11 is 0. The van der Waals surface area contributed by atoms with Crippen LogP contribution in [0.2, 0.25) is 0 Å². The molecule has 0 saturated heterocycles. The summed E-state index contributed by atoms with van der Waals surface area (Å²) in [6.07, 6.45) is 1.79. The Morgan fingerprint density at radius 1 is 1.45 bits per heavy atom. The zero-order chi connectivity index (χ0) is 15.5. The number of carbonyl (C=O) groups is 1. The third-order valence-corrected chi connectivity index (χ3v) is 4.32. The second-order valence-corrected chi connectivity index (χ2v) is 6.87. The zero-order valence-electron chi connectivity index (χ0n) is 11.8. The monoisotopic (exact) mass is 300 g/mol. The van der Waals surface area contributed by atoms with E-state index in [0.717, 1.165) is 12.7 Å². The number of nitrogens with one attached hydrogen (secondary N) is 1. The predicted molar refractivity (Wildman–Crippen MR) is 77.3 cm³/mol. The molecule has 112 valence electrons. The number of nitrogens with two attached hydrogens (primary N) is 1. The second kappa shape index (κ2) is 6.23. The van der Waals surface area contributed by atoms with Crippen molar-refractivity contribution in [2.75, 3.05) is 11.6 Å². The lowest BCUT2D eigenvalue weighted by molar-refractivity contribution is -0.118. The molecule has 2 atom stereocenters. The summed E-state index contributed by atoms with van der Waals surface area (Å²) in [6, 6.07) is 2.99. The number of anilines is 1. The van der Waals surface area contributed by atoms with Gasteiger partial charge in [-0.2, -0.15) is 0 Å². The molecule has 0 aliphatic carbocycles. The van der Waals surface area contributed by atoms with E-state index in [0.29, 0.717) is 0 Å². The van der Waals surface area contributed by atoms with Gasteiger partial charge < -0.3 is 16.2 Å². The first kappa shape index (κ1) is 16.5. The van der Waals surface area contributed by atoms with Gasteiger partial charge in [0.15, 0.2) is 9.84 Å². The van der Waals surface area contributed by atoms with Crippen molar-refractivity contribution >= 4 is 21.4 Å². The lowest BCUT2D eigenvalue weighted by Gasteiger charge is -2.18. The van der Waals surface area contributed by atoms with Crippen molar-refractivity contribution in [3.63, 3.8) is 0 Å². The van der Waals surface area contributed by atoms with Crippen LogP contribution in [0, 0.1) is 5.92 Å². The first-order chi connectivity index (χ1) is 9.16. The first-order valence-corrected chi connectivity index (χ1v) is 8.15. The average molecular weight is 300 g/mol. The molecule has 1 rings (SSSR count). The Morgan fingerprint density at radius 2 is 2.05 bits per heavy atom. The molecule has 0 aliphatic rings. The molecule has 20 heavy (non-hydrogen) atoms. The van der Waals surface area contributed by atoms with Gasteiger partial charge in [0.1, 0.15) is 5.75 Å². The fraction of sp³-hybridized carbons (Fsp3) is 0.462. The number of phenols is 1. The molecule has 4 N–H and O–H groups in total. The Hall–Kier alpha value is -1.60.